The van der Waals surface area contributed by atoms with E-state index in [1.807, 2.05) is 13.8 Å². The molecule has 0 aliphatic heterocycles. The van der Waals surface area contributed by atoms with Gasteiger partial charge in [0.2, 0.25) is 5.91 Å². The van der Waals surface area contributed by atoms with Crippen molar-refractivity contribution in [3.8, 4) is 0 Å². The maximum atomic E-state index is 11.8. The van der Waals surface area contributed by atoms with Crippen LogP contribution in [0, 0.1) is 11.8 Å². The van der Waals surface area contributed by atoms with Crippen LogP contribution in [0.4, 0.5) is 0 Å². The van der Waals surface area contributed by atoms with Gasteiger partial charge in [-0.05, 0) is 26.2 Å². The van der Waals surface area contributed by atoms with Crippen molar-refractivity contribution in [1.29, 1.82) is 0 Å². The van der Waals surface area contributed by atoms with Gasteiger partial charge in [0.15, 0.2) is 0 Å². The zero-order valence-electron chi connectivity index (χ0n) is 9.32. The van der Waals surface area contributed by atoms with Crippen molar-refractivity contribution >= 4 is 11.9 Å². The third kappa shape index (κ3) is 2.94. The van der Waals surface area contributed by atoms with E-state index in [4.69, 9.17) is 5.11 Å². The Morgan fingerprint density at radius 2 is 2.00 bits per heavy atom. The molecule has 1 unspecified atom stereocenters. The fourth-order valence-electron chi connectivity index (χ4n) is 2.02. The monoisotopic (exact) mass is 213 g/mol. The summed E-state index contributed by atoms with van der Waals surface area (Å²) >= 11 is 0. The number of hydrogen-bond donors (Lipinski definition) is 2. The molecule has 0 bridgehead atoms. The van der Waals surface area contributed by atoms with Crippen LogP contribution in [-0.2, 0) is 9.59 Å². The summed E-state index contributed by atoms with van der Waals surface area (Å²) in [6.07, 6.45) is 3.05. The Morgan fingerprint density at radius 1 is 1.40 bits per heavy atom. The smallest absolute Gasteiger partial charge is 0.307 e. The molecule has 1 aliphatic carbocycles. The van der Waals surface area contributed by atoms with Gasteiger partial charge in [-0.3, -0.25) is 9.59 Å². The van der Waals surface area contributed by atoms with Crippen LogP contribution in [0.5, 0.6) is 0 Å². The van der Waals surface area contributed by atoms with Crippen LogP contribution in [0.2, 0.25) is 0 Å². The van der Waals surface area contributed by atoms with Gasteiger partial charge in [0.25, 0.3) is 0 Å². The third-order valence-corrected chi connectivity index (χ3v) is 3.17. The van der Waals surface area contributed by atoms with Crippen molar-refractivity contribution in [1.82, 2.24) is 5.32 Å². The van der Waals surface area contributed by atoms with Crippen molar-refractivity contribution in [3.05, 3.63) is 0 Å². The molecule has 3 atom stereocenters. The van der Waals surface area contributed by atoms with Crippen LogP contribution in [0.3, 0.4) is 0 Å². The lowest BCUT2D eigenvalue weighted by Gasteiger charge is -2.18. The molecule has 0 saturated heterocycles. The van der Waals surface area contributed by atoms with Crippen molar-refractivity contribution in [2.24, 2.45) is 11.8 Å². The topological polar surface area (TPSA) is 66.4 Å². The Balaban J connectivity index is 2.55. The highest BCUT2D eigenvalue weighted by Gasteiger charge is 2.37. The standard InChI is InChI=1S/C11H19NO3/c1-3-7(2)12-10(13)8-5-4-6-9(8)11(14)15/h7-9H,3-6H2,1-2H3,(H,12,13)(H,14,15)/t7?,8-,9+/m1/s1. The molecule has 4 nitrogen and oxygen atoms in total. The highest BCUT2D eigenvalue weighted by Crippen LogP contribution is 2.32. The van der Waals surface area contributed by atoms with E-state index >= 15 is 0 Å². The lowest BCUT2D eigenvalue weighted by molar-refractivity contribution is -0.146. The highest BCUT2D eigenvalue weighted by atomic mass is 16.4. The number of carboxylic acids is 1. The molecule has 0 heterocycles. The summed E-state index contributed by atoms with van der Waals surface area (Å²) in [5.41, 5.74) is 0. The minimum atomic E-state index is -0.836. The van der Waals surface area contributed by atoms with E-state index in [0.717, 1.165) is 12.8 Å². The molecule has 1 rings (SSSR count). The number of carbonyl (C=O) groups is 2. The van der Waals surface area contributed by atoms with E-state index in [9.17, 15) is 9.59 Å². The first-order chi connectivity index (χ1) is 7.06. The summed E-state index contributed by atoms with van der Waals surface area (Å²) in [7, 11) is 0. The molecule has 4 heteroatoms. The second-order valence-corrected chi connectivity index (χ2v) is 4.30. The zero-order valence-corrected chi connectivity index (χ0v) is 9.32. The summed E-state index contributed by atoms with van der Waals surface area (Å²) < 4.78 is 0. The fraction of sp³-hybridized carbons (Fsp3) is 0.818. The maximum Gasteiger partial charge on any atom is 0.307 e. The normalized spacial score (nSPS) is 27.3. The molecule has 0 aromatic rings. The molecule has 15 heavy (non-hydrogen) atoms. The van der Waals surface area contributed by atoms with Crippen LogP contribution in [-0.4, -0.2) is 23.0 Å². The maximum absolute atomic E-state index is 11.8. The molecule has 1 aliphatic rings. The molecule has 0 radical (unpaired) electrons. The number of carboxylic acid groups (broad SMARTS) is 1. The molecule has 1 amide bonds. The van der Waals surface area contributed by atoms with Crippen molar-refractivity contribution in [2.75, 3.05) is 0 Å². The Bertz CT molecular complexity index is 252. The van der Waals surface area contributed by atoms with Gasteiger partial charge in [0.1, 0.15) is 0 Å². The van der Waals surface area contributed by atoms with E-state index in [-0.39, 0.29) is 17.9 Å². The Morgan fingerprint density at radius 3 is 2.53 bits per heavy atom. The van der Waals surface area contributed by atoms with Crippen molar-refractivity contribution < 1.29 is 14.7 Å². The lowest BCUT2D eigenvalue weighted by atomic mass is 9.95. The van der Waals surface area contributed by atoms with Crippen LogP contribution in [0.15, 0.2) is 0 Å². The van der Waals surface area contributed by atoms with E-state index < -0.39 is 11.9 Å². The molecule has 86 valence electrons. The van der Waals surface area contributed by atoms with Crippen LogP contribution in [0.1, 0.15) is 39.5 Å². The second kappa shape index (κ2) is 5.14. The lowest BCUT2D eigenvalue weighted by Crippen LogP contribution is -2.39. The Hall–Kier alpha value is -1.06. The Labute approximate surface area is 90.0 Å². The van der Waals surface area contributed by atoms with Gasteiger partial charge in [-0.15, -0.1) is 0 Å². The molecule has 0 aromatic carbocycles. The van der Waals surface area contributed by atoms with E-state index in [2.05, 4.69) is 5.32 Å². The minimum Gasteiger partial charge on any atom is -0.481 e. The van der Waals surface area contributed by atoms with E-state index in [1.165, 1.54) is 0 Å². The van der Waals surface area contributed by atoms with E-state index in [0.29, 0.717) is 12.8 Å². The molecular formula is C11H19NO3. The summed E-state index contributed by atoms with van der Waals surface area (Å²) in [5, 5.41) is 11.8. The molecule has 0 aromatic heterocycles. The number of hydrogen-bond acceptors (Lipinski definition) is 2. The molecule has 0 spiro atoms. The van der Waals surface area contributed by atoms with Crippen LogP contribution >= 0.6 is 0 Å². The predicted molar refractivity (Wildman–Crippen MR) is 56.4 cm³/mol. The van der Waals surface area contributed by atoms with Gasteiger partial charge in [0, 0.05) is 6.04 Å². The summed E-state index contributed by atoms with van der Waals surface area (Å²) in [5.74, 6) is -1.73. The van der Waals surface area contributed by atoms with Crippen LogP contribution < -0.4 is 5.32 Å². The average Bonchev–Trinajstić information content (AvgIpc) is 2.65. The fourth-order valence-corrected chi connectivity index (χ4v) is 2.02. The number of amides is 1. The first-order valence-electron chi connectivity index (χ1n) is 5.59. The molecule has 1 saturated carbocycles. The predicted octanol–water partition coefficient (Wildman–Crippen LogP) is 1.40. The SMILES string of the molecule is CCC(C)NC(=O)[C@@H]1CCC[C@@H]1C(=O)O. The quantitative estimate of drug-likeness (QED) is 0.741. The van der Waals surface area contributed by atoms with Gasteiger partial charge < -0.3 is 10.4 Å². The van der Waals surface area contributed by atoms with Crippen LogP contribution in [0.25, 0.3) is 0 Å². The number of rotatable bonds is 4. The molecule has 2 N–H and O–H groups in total. The van der Waals surface area contributed by atoms with Gasteiger partial charge in [-0.2, -0.15) is 0 Å². The average molecular weight is 213 g/mol. The molecule has 1 fully saturated rings. The molecular weight excluding hydrogens is 194 g/mol. The summed E-state index contributed by atoms with van der Waals surface area (Å²) in [4.78, 5) is 22.6. The van der Waals surface area contributed by atoms with Gasteiger partial charge in [0.05, 0.1) is 11.8 Å². The Kier molecular flexibility index (Phi) is 4.12. The summed E-state index contributed by atoms with van der Waals surface area (Å²) in [6, 6.07) is 0.132. The second-order valence-electron chi connectivity index (χ2n) is 4.30. The first-order valence-corrected chi connectivity index (χ1v) is 5.59. The largest absolute Gasteiger partial charge is 0.481 e. The number of carbonyl (C=O) groups excluding carboxylic acids is 1. The van der Waals surface area contributed by atoms with Gasteiger partial charge >= 0.3 is 5.97 Å². The highest BCUT2D eigenvalue weighted by molar-refractivity contribution is 5.85. The van der Waals surface area contributed by atoms with Gasteiger partial charge in [-0.25, -0.2) is 0 Å². The summed E-state index contributed by atoms with van der Waals surface area (Å²) in [6.45, 7) is 3.93. The zero-order chi connectivity index (χ0) is 11.4. The van der Waals surface area contributed by atoms with Crippen molar-refractivity contribution in [2.45, 2.75) is 45.6 Å². The van der Waals surface area contributed by atoms with E-state index in [1.54, 1.807) is 0 Å². The van der Waals surface area contributed by atoms with Crippen molar-refractivity contribution in [3.63, 3.8) is 0 Å². The first kappa shape index (κ1) is 12.0. The third-order valence-electron chi connectivity index (χ3n) is 3.17. The minimum absolute atomic E-state index is 0.0887. The number of nitrogens with one attached hydrogen (secondary N) is 1. The van der Waals surface area contributed by atoms with Gasteiger partial charge in [-0.1, -0.05) is 13.3 Å². The number of aliphatic carboxylic acids is 1.